The molecule has 4 aromatic heterocycles. The van der Waals surface area contributed by atoms with Gasteiger partial charge in [0.05, 0.1) is 62.0 Å². The zero-order valence-electron chi connectivity index (χ0n) is 61.2. The van der Waals surface area contributed by atoms with Crippen LogP contribution in [0.2, 0.25) is 0 Å². The minimum atomic E-state index is -2.88. The molecular weight excluding hydrogens is 1090 g/mol. The fourth-order valence-electron chi connectivity index (χ4n) is 14.8. The molecule has 0 aliphatic heterocycles. The molecule has 502 valence electrons. The van der Waals surface area contributed by atoms with Gasteiger partial charge < -0.3 is 0 Å². The third kappa shape index (κ3) is 17.0. The van der Waals surface area contributed by atoms with Crippen LogP contribution in [0.1, 0.15) is 352 Å². The minimum Gasteiger partial charge on any atom is -0.244 e. The van der Waals surface area contributed by atoms with Gasteiger partial charge in [-0.25, -0.2) is 18.7 Å². The molecule has 1 fully saturated rings. The predicted octanol–water partition coefficient (Wildman–Crippen LogP) is 20.1. The molecule has 1 saturated carbocycles. The van der Waals surface area contributed by atoms with Crippen molar-refractivity contribution in [2.45, 2.75) is 374 Å². The Morgan fingerprint density at radius 3 is 1.32 bits per heavy atom. The molecule has 88 heavy (non-hydrogen) atoms. The smallest absolute Gasteiger partial charge is 0.244 e. The van der Waals surface area contributed by atoms with Crippen LogP contribution in [0.25, 0.3) is 0 Å². The molecule has 0 amide bonds. The first-order valence-electron chi connectivity index (χ1n) is 36.1. The number of halogens is 2. The van der Waals surface area contributed by atoms with Crippen LogP contribution in [0, 0.1) is 51.2 Å². The summed E-state index contributed by atoms with van der Waals surface area (Å²) in [5.74, 6) is 1.69. The quantitative estimate of drug-likeness (QED) is 0.102. The van der Waals surface area contributed by atoms with Crippen LogP contribution in [0.4, 0.5) is 8.78 Å². The molecule has 6 atom stereocenters. The Morgan fingerprint density at radius 2 is 0.818 bits per heavy atom. The number of hydrogen-bond donors (Lipinski definition) is 0. The Kier molecular flexibility index (Phi) is 24.3. The average Bonchev–Trinajstić information content (AvgIpc) is 2.86. The van der Waals surface area contributed by atoms with Crippen molar-refractivity contribution in [3.05, 3.63) is 45.6 Å². The second-order valence-electron chi connectivity index (χ2n) is 33.7. The zero-order chi connectivity index (χ0) is 65.6. The number of alkyl halides is 2. The van der Waals surface area contributed by atoms with E-state index in [2.05, 4.69) is 208 Å². The first kappa shape index (κ1) is 73.5. The fraction of sp³-hybridized carbons (Fsp3) is 0.892. The lowest BCUT2D eigenvalue weighted by molar-refractivity contribution is -0.0335. The van der Waals surface area contributed by atoms with E-state index < -0.39 is 5.92 Å². The van der Waals surface area contributed by atoms with E-state index in [1.807, 2.05) is 13.8 Å². The number of hydrogen-bond acceptors (Lipinski definition) is 8. The second-order valence-corrected chi connectivity index (χ2v) is 33.7. The van der Waals surface area contributed by atoms with Gasteiger partial charge in [-0.2, -0.15) is 8.78 Å². The van der Waals surface area contributed by atoms with E-state index in [-0.39, 0.29) is 39.7 Å². The normalized spacial score (nSPS) is 23.0. The molecule has 0 saturated heterocycles. The summed E-state index contributed by atoms with van der Waals surface area (Å²) in [6.07, 6.45) is 29.7. The highest BCUT2D eigenvalue weighted by atomic mass is 19.3. The molecule has 0 N–H and O–H groups in total. The van der Waals surface area contributed by atoms with Crippen molar-refractivity contribution in [2.75, 3.05) is 0 Å². The van der Waals surface area contributed by atoms with Crippen molar-refractivity contribution >= 4 is 0 Å². The summed E-state index contributed by atoms with van der Waals surface area (Å²) >= 11 is 0. The lowest BCUT2D eigenvalue weighted by atomic mass is 9.71. The zero-order valence-corrected chi connectivity index (χ0v) is 61.2. The van der Waals surface area contributed by atoms with Gasteiger partial charge in [0.15, 0.2) is 5.69 Å². The highest BCUT2D eigenvalue weighted by Crippen LogP contribution is 2.58. The van der Waals surface area contributed by atoms with E-state index >= 15 is 0 Å². The number of fused-ring (bicyclic) bond motifs is 5. The van der Waals surface area contributed by atoms with Gasteiger partial charge in [-0.1, -0.05) is 170 Å². The number of rotatable bonds is 17. The van der Waals surface area contributed by atoms with Crippen LogP contribution < -0.4 is 0 Å². The van der Waals surface area contributed by atoms with Gasteiger partial charge in [0.25, 0.3) is 5.92 Å². The van der Waals surface area contributed by atoms with E-state index in [1.165, 1.54) is 124 Å². The van der Waals surface area contributed by atoms with E-state index in [4.69, 9.17) is 0 Å². The molecule has 3 unspecified atom stereocenters. The molecular formula is C74H132F2N12. The molecule has 0 radical (unpaired) electrons. The summed E-state index contributed by atoms with van der Waals surface area (Å²) in [4.78, 5) is 0. The SMILES string of the molecule is CCC(C)(C)C1CCCCCc2c1nnn2C(C)(C)CC.CCC(C)(C)C1CCCc2nnn(C(C)(C)CC)c2CC1.CCC(C)(C)C1CCc2c(nnn2C(C)(C)CC)C(F)(F)CC1.CCC(C)(C)C[C@@H]1[C@@H]2CCc3c(nnn3C(C)(C)CC)CC[C@@H]21. The summed E-state index contributed by atoms with van der Waals surface area (Å²) in [6, 6.07) is 0. The van der Waals surface area contributed by atoms with Crippen molar-refractivity contribution in [1.29, 1.82) is 0 Å². The highest BCUT2D eigenvalue weighted by molar-refractivity contribution is 5.22. The highest BCUT2D eigenvalue weighted by Gasteiger charge is 2.51. The van der Waals surface area contributed by atoms with Crippen LogP contribution in [0.15, 0.2) is 0 Å². The maximum absolute atomic E-state index is 14.7. The molecule has 9 rings (SSSR count). The molecule has 12 nitrogen and oxygen atoms in total. The Hall–Kier alpha value is -3.58. The largest absolute Gasteiger partial charge is 0.293 e. The first-order chi connectivity index (χ1) is 41.0. The molecule has 4 aromatic rings. The standard InChI is InChI=1S/C20H35N3.C18H31F2N3.2C18H33N3/c1-7-19(3,4)13-16-14-9-11-17-18(12-10-15(14)16)23(22-21-17)20(5,6)8-2;1-7-16(3,4)13-9-10-14-15(18(19,20)12-11-13)21-22-23(14)17(5,6)8-2;1-7-17(3,4)14-10-9-11-15-16(13-12-14)21(20-19-15)18(5,6)8-2;1-7-17(3,4)14-12-10-9-11-13-15-16(14)19-20-21(15)18(5,6)8-2/h14-16H,7-13H2,1-6H3;13H,7-12H2,1-6H3;2*14H,7-13H2,1-6H3/t14-,15+,16-;;;/m0.../s1. The number of aryl methyl sites for hydroxylation is 2. The average molecular weight is 1230 g/mol. The van der Waals surface area contributed by atoms with Crippen LogP contribution in [-0.4, -0.2) is 60.0 Å². The van der Waals surface area contributed by atoms with E-state index in [9.17, 15) is 8.78 Å². The van der Waals surface area contributed by atoms with E-state index in [0.717, 1.165) is 87.9 Å². The molecule has 5 aliphatic rings. The lowest BCUT2D eigenvalue weighted by Crippen LogP contribution is -2.32. The van der Waals surface area contributed by atoms with Gasteiger partial charge in [-0.05, 0) is 235 Å². The first-order valence-corrected chi connectivity index (χ1v) is 36.1. The van der Waals surface area contributed by atoms with Crippen LogP contribution in [0.5, 0.6) is 0 Å². The summed E-state index contributed by atoms with van der Waals surface area (Å²) in [5, 5.41) is 35.3. The summed E-state index contributed by atoms with van der Waals surface area (Å²) in [5.41, 5.74) is 9.93. The Labute approximate surface area is 536 Å². The van der Waals surface area contributed by atoms with Gasteiger partial charge in [-0.15, -0.1) is 20.4 Å². The third-order valence-electron chi connectivity index (χ3n) is 24.9. The monoisotopic (exact) mass is 1230 g/mol. The van der Waals surface area contributed by atoms with Gasteiger partial charge in [0, 0.05) is 12.3 Å². The van der Waals surface area contributed by atoms with Crippen LogP contribution >= 0.6 is 0 Å². The topological polar surface area (TPSA) is 123 Å². The molecule has 0 bridgehead atoms. The van der Waals surface area contributed by atoms with Gasteiger partial charge in [0.2, 0.25) is 0 Å². The van der Waals surface area contributed by atoms with Crippen molar-refractivity contribution < 1.29 is 8.78 Å². The van der Waals surface area contributed by atoms with Crippen LogP contribution in [-0.2, 0) is 66.6 Å². The Balaban J connectivity index is 0.000000187. The minimum absolute atomic E-state index is 0.0701. The number of nitrogens with zero attached hydrogens (tertiary/aromatic N) is 12. The van der Waals surface area contributed by atoms with Crippen molar-refractivity contribution in [3.8, 4) is 0 Å². The second kappa shape index (κ2) is 29.2. The third-order valence-corrected chi connectivity index (χ3v) is 24.9. The molecule has 14 heteroatoms. The maximum atomic E-state index is 14.7. The fourth-order valence-corrected chi connectivity index (χ4v) is 14.8. The summed E-state index contributed by atoms with van der Waals surface area (Å²) in [6.45, 7) is 54.6. The number of aromatic nitrogens is 12. The lowest BCUT2D eigenvalue weighted by Gasteiger charge is -2.36. The van der Waals surface area contributed by atoms with Gasteiger partial charge in [0.1, 0.15) is 0 Å². The molecule has 4 heterocycles. The molecule has 5 aliphatic carbocycles. The van der Waals surface area contributed by atoms with Crippen molar-refractivity contribution in [2.24, 2.45) is 51.2 Å². The summed E-state index contributed by atoms with van der Waals surface area (Å²) < 4.78 is 37.8. The van der Waals surface area contributed by atoms with E-state index in [1.54, 1.807) is 4.68 Å². The van der Waals surface area contributed by atoms with Crippen molar-refractivity contribution in [3.63, 3.8) is 0 Å². The van der Waals surface area contributed by atoms with Gasteiger partial charge >= 0.3 is 0 Å². The van der Waals surface area contributed by atoms with E-state index in [0.29, 0.717) is 46.6 Å². The Bertz CT molecular complexity index is 2780. The molecule has 0 aromatic carbocycles. The van der Waals surface area contributed by atoms with Gasteiger partial charge in [-0.3, -0.25) is 0 Å². The predicted molar refractivity (Wildman–Crippen MR) is 361 cm³/mol. The molecule has 0 spiro atoms. The summed E-state index contributed by atoms with van der Waals surface area (Å²) in [7, 11) is 0. The van der Waals surface area contributed by atoms with Crippen LogP contribution in [0.3, 0.4) is 0 Å². The maximum Gasteiger partial charge on any atom is 0.293 e. The Morgan fingerprint density at radius 1 is 0.386 bits per heavy atom. The van der Waals surface area contributed by atoms with Crippen molar-refractivity contribution in [1.82, 2.24) is 60.0 Å².